The summed E-state index contributed by atoms with van der Waals surface area (Å²) in [6.07, 6.45) is 1.32. The van der Waals surface area contributed by atoms with Crippen LogP contribution in [0.2, 0.25) is 0 Å². The molecular weight excluding hydrogens is 442 g/mol. The number of ketones is 2. The molecule has 0 radical (unpaired) electrons. The second kappa shape index (κ2) is 39.2. The molecule has 0 unspecified atom stereocenters. The summed E-state index contributed by atoms with van der Waals surface area (Å²) in [4.78, 5) is 68.7. The van der Waals surface area contributed by atoms with Crippen LogP contribution in [0.25, 0.3) is 0 Å². The number of aliphatic carboxylic acids is 2. The van der Waals surface area contributed by atoms with Gasteiger partial charge in [-0.15, -0.1) is 0 Å². The Morgan fingerprint density at radius 3 is 1.09 bits per heavy atom. The number of nitrogens with one attached hydrogen (secondary N) is 2. The summed E-state index contributed by atoms with van der Waals surface area (Å²) in [6.45, 7) is 4.13. The highest BCUT2D eigenvalue weighted by molar-refractivity contribution is 5.83. The third-order valence-corrected chi connectivity index (χ3v) is 2.24. The fraction of sp³-hybridized carbons (Fsp3) is 0.650. The summed E-state index contributed by atoms with van der Waals surface area (Å²) in [5.74, 6) is -1.85. The number of hydrogen-bond donors (Lipinski definition) is 5. The van der Waals surface area contributed by atoms with Crippen LogP contribution in [-0.4, -0.2) is 79.8 Å². The summed E-state index contributed by atoms with van der Waals surface area (Å²) in [5.41, 5.74) is 4.57. The lowest BCUT2D eigenvalue weighted by Gasteiger charge is -1.93. The minimum atomic E-state index is -0.968. The van der Waals surface area contributed by atoms with Gasteiger partial charge < -0.3 is 40.9 Å². The molecule has 0 bridgehead atoms. The molecule has 0 aromatic heterocycles. The third-order valence-electron chi connectivity index (χ3n) is 2.24. The smallest absolute Gasteiger partial charge is 0.317 e. The number of carbonyl (C=O) groups is 7. The maximum atomic E-state index is 10.5. The maximum absolute atomic E-state index is 10.5. The zero-order chi connectivity index (χ0) is 25.8. The fourth-order valence-electron chi connectivity index (χ4n) is 0.829. The maximum Gasteiger partial charge on any atom is 0.317 e. The number of Topliss-reactive ketones (excluding diaryl/α,β-unsaturated/α-hetero) is 2. The summed E-state index contributed by atoms with van der Waals surface area (Å²) in [5, 5.41) is 19.9. The normalized spacial score (nSPS) is 7.24. The van der Waals surface area contributed by atoms with Crippen LogP contribution in [-0.2, 0) is 38.3 Å². The van der Waals surface area contributed by atoms with Crippen molar-refractivity contribution in [2.75, 3.05) is 27.7 Å². The van der Waals surface area contributed by atoms with Crippen LogP contribution in [0.4, 0.5) is 0 Å². The molecule has 0 atom stereocenters. The molecule has 198 valence electrons. The number of methoxy groups -OCH3 is 1. The zero-order valence-corrected chi connectivity index (χ0v) is 18.9. The van der Waals surface area contributed by atoms with Crippen LogP contribution in [0.15, 0.2) is 0 Å². The van der Waals surface area contributed by atoms with Gasteiger partial charge in [-0.25, -0.2) is 0 Å². The van der Waals surface area contributed by atoms with Crippen molar-refractivity contribution in [3.8, 4) is 0 Å². The molecule has 0 spiro atoms. The van der Waals surface area contributed by atoms with Gasteiger partial charge in [-0.3, -0.25) is 24.0 Å². The largest absolute Gasteiger partial charge is 0.481 e. The SMILES string of the molecule is C.C.CC(=O)O.CNC(=O)CCC(C)=O.CNC(=O)CCC(C)=O.COC=O.NCC(=O)O. The van der Waals surface area contributed by atoms with Gasteiger partial charge in [0.2, 0.25) is 11.8 Å². The molecule has 0 rings (SSSR count). The first kappa shape index (κ1) is 47.4. The molecule has 0 aliphatic heterocycles. The van der Waals surface area contributed by atoms with Crippen molar-refractivity contribution in [1.29, 1.82) is 0 Å². The van der Waals surface area contributed by atoms with Crippen LogP contribution in [0, 0.1) is 0 Å². The molecule has 0 aromatic rings. The Kier molecular flexibility index (Phi) is 56.3. The van der Waals surface area contributed by atoms with E-state index in [2.05, 4.69) is 21.1 Å². The van der Waals surface area contributed by atoms with Crippen LogP contribution in [0.1, 0.15) is 61.3 Å². The van der Waals surface area contributed by atoms with Gasteiger partial charge in [-0.1, -0.05) is 14.9 Å². The van der Waals surface area contributed by atoms with E-state index in [0.717, 1.165) is 6.92 Å². The van der Waals surface area contributed by atoms with Gasteiger partial charge in [0.15, 0.2) is 0 Å². The molecule has 0 aliphatic carbocycles. The second-order valence-corrected chi connectivity index (χ2v) is 5.20. The monoisotopic (exact) mass is 485 g/mol. The Bertz CT molecular complexity index is 504. The lowest BCUT2D eigenvalue weighted by atomic mass is 10.2. The molecule has 33 heavy (non-hydrogen) atoms. The zero-order valence-electron chi connectivity index (χ0n) is 18.9. The molecule has 0 aromatic carbocycles. The number of amides is 2. The fourth-order valence-corrected chi connectivity index (χ4v) is 0.829. The first-order valence-electron chi connectivity index (χ1n) is 8.73. The van der Waals surface area contributed by atoms with Gasteiger partial charge in [0.25, 0.3) is 12.4 Å². The van der Waals surface area contributed by atoms with E-state index in [9.17, 15) is 24.0 Å². The Hall–Kier alpha value is -3.35. The van der Waals surface area contributed by atoms with Crippen molar-refractivity contribution >= 4 is 41.8 Å². The molecule has 0 fully saturated rings. The Labute approximate surface area is 196 Å². The van der Waals surface area contributed by atoms with Crippen molar-refractivity contribution < 1.29 is 48.5 Å². The molecular formula is C20H43N3O10. The highest BCUT2D eigenvalue weighted by atomic mass is 16.5. The number of ether oxygens (including phenoxy) is 1. The van der Waals surface area contributed by atoms with E-state index >= 15 is 0 Å². The molecule has 2 amide bonds. The Morgan fingerprint density at radius 1 is 0.788 bits per heavy atom. The van der Waals surface area contributed by atoms with E-state index in [0.29, 0.717) is 32.2 Å². The van der Waals surface area contributed by atoms with Crippen LogP contribution < -0.4 is 16.4 Å². The molecule has 0 saturated heterocycles. The van der Waals surface area contributed by atoms with Crippen molar-refractivity contribution in [1.82, 2.24) is 10.6 Å². The highest BCUT2D eigenvalue weighted by Gasteiger charge is 1.99. The van der Waals surface area contributed by atoms with Crippen molar-refractivity contribution in [2.24, 2.45) is 5.73 Å². The van der Waals surface area contributed by atoms with Gasteiger partial charge in [-0.2, -0.15) is 0 Å². The Balaban J connectivity index is -0.0000000529. The predicted octanol–water partition coefficient (Wildman–Crippen LogP) is 0.385. The van der Waals surface area contributed by atoms with E-state index in [1.165, 1.54) is 21.0 Å². The summed E-state index contributed by atoms with van der Waals surface area (Å²) in [7, 11) is 4.43. The first-order valence-corrected chi connectivity index (χ1v) is 8.73. The van der Waals surface area contributed by atoms with Crippen molar-refractivity contribution in [3.63, 3.8) is 0 Å². The van der Waals surface area contributed by atoms with E-state index in [1.807, 2.05) is 0 Å². The minimum absolute atomic E-state index is 0. The quantitative estimate of drug-likeness (QED) is 0.296. The molecule has 0 heterocycles. The summed E-state index contributed by atoms with van der Waals surface area (Å²) >= 11 is 0. The average Bonchev–Trinajstić information content (AvgIpc) is 2.70. The molecule has 0 aliphatic rings. The van der Waals surface area contributed by atoms with Gasteiger partial charge in [0.1, 0.15) is 11.6 Å². The van der Waals surface area contributed by atoms with Crippen LogP contribution in [0.3, 0.4) is 0 Å². The van der Waals surface area contributed by atoms with Gasteiger partial charge in [0.05, 0.1) is 13.7 Å². The number of nitrogens with two attached hydrogens (primary N) is 1. The number of carboxylic acid groups (broad SMARTS) is 2. The van der Waals surface area contributed by atoms with Crippen molar-refractivity contribution in [2.45, 2.75) is 61.3 Å². The predicted molar refractivity (Wildman–Crippen MR) is 124 cm³/mol. The molecule has 13 nitrogen and oxygen atoms in total. The third kappa shape index (κ3) is 109. The van der Waals surface area contributed by atoms with E-state index in [4.69, 9.17) is 19.8 Å². The summed E-state index contributed by atoms with van der Waals surface area (Å²) < 4.78 is 3.86. The topological polar surface area (TPSA) is 219 Å². The van der Waals surface area contributed by atoms with Gasteiger partial charge in [-0.05, 0) is 13.8 Å². The minimum Gasteiger partial charge on any atom is -0.481 e. The number of hydrogen-bond acceptors (Lipinski definition) is 9. The Morgan fingerprint density at radius 2 is 1.00 bits per heavy atom. The lowest BCUT2D eigenvalue weighted by Crippen LogP contribution is -2.17. The molecule has 0 saturated carbocycles. The lowest BCUT2D eigenvalue weighted by molar-refractivity contribution is -0.136. The van der Waals surface area contributed by atoms with Gasteiger partial charge in [0, 0.05) is 46.7 Å². The highest BCUT2D eigenvalue weighted by Crippen LogP contribution is 1.88. The van der Waals surface area contributed by atoms with E-state index in [1.54, 1.807) is 14.1 Å². The number of carboxylic acids is 2. The molecule has 6 N–H and O–H groups in total. The number of rotatable bonds is 8. The first-order chi connectivity index (χ1) is 14.2. The molecule has 13 heteroatoms. The van der Waals surface area contributed by atoms with Crippen LogP contribution in [0.5, 0.6) is 0 Å². The van der Waals surface area contributed by atoms with E-state index < -0.39 is 11.9 Å². The summed E-state index contributed by atoms with van der Waals surface area (Å²) in [6, 6.07) is 0. The van der Waals surface area contributed by atoms with Gasteiger partial charge >= 0.3 is 5.97 Å². The second-order valence-electron chi connectivity index (χ2n) is 5.20. The number of carbonyl (C=O) groups excluding carboxylic acids is 5. The van der Waals surface area contributed by atoms with E-state index in [-0.39, 0.29) is 44.8 Å². The standard InChI is InChI=1S/2C6H11NO2.C2H5NO2.2C2H4O2.2CH4/c2*1-5(8)3-4-6(9)7-2;3-1-2(4)5;1-4-2-3;1-2(3)4;;/h2*3-4H2,1-2H3,(H,7,9);1,3H2,(H,4,5);2H,1H3;1H3,(H,3,4);2*1H4. The average molecular weight is 486 g/mol. The van der Waals surface area contributed by atoms with Crippen molar-refractivity contribution in [3.05, 3.63) is 0 Å². The van der Waals surface area contributed by atoms with Crippen LogP contribution >= 0.6 is 0 Å².